The summed E-state index contributed by atoms with van der Waals surface area (Å²) in [7, 11) is 0. The third kappa shape index (κ3) is 5.24. The van der Waals surface area contributed by atoms with Crippen molar-refractivity contribution >= 4 is 17.4 Å². The van der Waals surface area contributed by atoms with Gasteiger partial charge in [-0.05, 0) is 31.5 Å². The predicted octanol–water partition coefficient (Wildman–Crippen LogP) is 2.95. The third-order valence-corrected chi connectivity index (χ3v) is 3.18. The number of nitrogens with one attached hydrogen (secondary N) is 1. The fraction of sp³-hybridized carbons (Fsp3) is 0.250. The Kier molecular flexibility index (Phi) is 5.56. The first-order chi connectivity index (χ1) is 12.0. The number of nitrogen functional groups attached to an aromatic ring is 1. The van der Waals surface area contributed by atoms with Crippen LogP contribution < -0.4 is 26.3 Å². The number of hydrogen-bond donors (Lipinski definition) is 3. The van der Waals surface area contributed by atoms with Gasteiger partial charge in [0.1, 0.15) is 11.5 Å². The maximum absolute atomic E-state index is 12.4. The van der Waals surface area contributed by atoms with Crippen LogP contribution in [-0.4, -0.2) is 23.3 Å². The predicted molar refractivity (Wildman–Crippen MR) is 88.9 cm³/mol. The molecule has 0 unspecified atom stereocenters. The Balaban J connectivity index is 2.17. The minimum Gasteiger partial charge on any atom is -0.439 e. The van der Waals surface area contributed by atoms with Gasteiger partial charge in [0.05, 0.1) is 11.7 Å². The van der Waals surface area contributed by atoms with Gasteiger partial charge in [-0.25, -0.2) is 0 Å². The van der Waals surface area contributed by atoms with Crippen LogP contribution in [0.15, 0.2) is 30.3 Å². The molecule has 0 aliphatic heterocycles. The Morgan fingerprint density at radius 3 is 2.54 bits per heavy atom. The molecule has 26 heavy (non-hydrogen) atoms. The molecule has 0 aliphatic rings. The van der Waals surface area contributed by atoms with Crippen LogP contribution in [-0.2, 0) is 4.79 Å². The van der Waals surface area contributed by atoms with Crippen LogP contribution in [0.5, 0.6) is 17.4 Å². The number of carbonyl (C=O) groups excluding carboxylic acids is 1. The summed E-state index contributed by atoms with van der Waals surface area (Å²) in [5, 5.41) is 2.49. The molecular weight excluding hydrogens is 353 g/mol. The number of ether oxygens (including phenoxy) is 2. The number of benzene rings is 1. The summed E-state index contributed by atoms with van der Waals surface area (Å²) in [6, 6.07) is 6.08. The van der Waals surface area contributed by atoms with Crippen LogP contribution in [0.2, 0.25) is 0 Å². The van der Waals surface area contributed by atoms with Gasteiger partial charge in [0, 0.05) is 12.1 Å². The van der Waals surface area contributed by atoms with E-state index >= 15 is 0 Å². The first-order valence-corrected chi connectivity index (χ1v) is 7.42. The lowest BCUT2D eigenvalue weighted by atomic mass is 10.2. The number of nitrogens with zero attached hydrogens (tertiary/aromatic N) is 1. The Morgan fingerprint density at radius 1 is 1.27 bits per heavy atom. The molecule has 1 aromatic heterocycles. The van der Waals surface area contributed by atoms with Gasteiger partial charge >= 0.3 is 6.36 Å². The van der Waals surface area contributed by atoms with Crippen LogP contribution >= 0.6 is 0 Å². The van der Waals surface area contributed by atoms with E-state index in [1.807, 2.05) is 0 Å². The van der Waals surface area contributed by atoms with Crippen molar-refractivity contribution in [3.8, 4) is 17.4 Å². The zero-order chi connectivity index (χ0) is 19.5. The normalized spacial score (nSPS) is 12.4. The number of nitrogens with two attached hydrogens (primary N) is 2. The van der Waals surface area contributed by atoms with Gasteiger partial charge in [0.2, 0.25) is 11.8 Å². The van der Waals surface area contributed by atoms with Crippen molar-refractivity contribution in [2.45, 2.75) is 26.3 Å². The number of aryl methyl sites for hydroxylation is 1. The fourth-order valence-electron chi connectivity index (χ4n) is 1.86. The van der Waals surface area contributed by atoms with E-state index in [1.54, 1.807) is 0 Å². The van der Waals surface area contributed by atoms with Gasteiger partial charge in [0.25, 0.3) is 0 Å². The molecule has 0 spiro atoms. The van der Waals surface area contributed by atoms with Crippen molar-refractivity contribution in [1.82, 2.24) is 4.98 Å². The summed E-state index contributed by atoms with van der Waals surface area (Å²) >= 11 is 0. The minimum atomic E-state index is -4.81. The number of anilines is 2. The van der Waals surface area contributed by atoms with E-state index in [-0.39, 0.29) is 34.4 Å². The lowest BCUT2D eigenvalue weighted by molar-refractivity contribution is -0.274. The van der Waals surface area contributed by atoms with Crippen molar-refractivity contribution < 1.29 is 27.4 Å². The monoisotopic (exact) mass is 370 g/mol. The molecule has 0 radical (unpaired) electrons. The van der Waals surface area contributed by atoms with Crippen LogP contribution in [0.25, 0.3) is 0 Å². The molecule has 1 aromatic carbocycles. The first kappa shape index (κ1) is 19.3. The molecule has 1 heterocycles. The molecule has 0 aliphatic carbocycles. The molecule has 0 saturated heterocycles. The Hall–Kier alpha value is -3.01. The zero-order valence-electron chi connectivity index (χ0n) is 13.9. The Bertz CT molecular complexity index is 810. The van der Waals surface area contributed by atoms with Crippen LogP contribution in [0.3, 0.4) is 0 Å². The van der Waals surface area contributed by atoms with Gasteiger partial charge in [-0.15, -0.1) is 13.2 Å². The molecule has 0 saturated carbocycles. The fourth-order valence-corrected chi connectivity index (χ4v) is 1.86. The number of hydrogen-bond acceptors (Lipinski definition) is 6. The summed E-state index contributed by atoms with van der Waals surface area (Å²) < 4.78 is 46.5. The lowest BCUT2D eigenvalue weighted by Crippen LogP contribution is -2.32. The highest BCUT2D eigenvalue weighted by Gasteiger charge is 2.31. The van der Waals surface area contributed by atoms with Gasteiger partial charge in [-0.2, -0.15) is 4.98 Å². The van der Waals surface area contributed by atoms with E-state index in [0.29, 0.717) is 0 Å². The van der Waals surface area contributed by atoms with Crippen molar-refractivity contribution in [2.24, 2.45) is 5.73 Å². The first-order valence-electron chi connectivity index (χ1n) is 7.42. The standard InChI is InChI=1S/C16H17F3N4O3/c1-8-3-4-10(7-12(8)26-16(17,18)19)25-13-6-5-11(14(21)23-13)22-15(24)9(2)20/h3-7,9H,20H2,1-2H3,(H2,21,23)(H,22,24)/t9-/m1/s1. The third-order valence-electron chi connectivity index (χ3n) is 3.18. The summed E-state index contributed by atoms with van der Waals surface area (Å²) in [5.74, 6) is -0.754. The number of alkyl halides is 3. The molecule has 10 heteroatoms. The zero-order valence-corrected chi connectivity index (χ0v) is 13.9. The van der Waals surface area contributed by atoms with Crippen LogP contribution in [0, 0.1) is 6.92 Å². The van der Waals surface area contributed by atoms with Gasteiger partial charge in [-0.3, -0.25) is 4.79 Å². The number of amides is 1. The van der Waals surface area contributed by atoms with Crippen LogP contribution in [0.4, 0.5) is 24.7 Å². The summed E-state index contributed by atoms with van der Waals surface area (Å²) in [5.41, 5.74) is 11.7. The highest BCUT2D eigenvalue weighted by atomic mass is 19.4. The second-order valence-corrected chi connectivity index (χ2v) is 5.44. The Morgan fingerprint density at radius 2 is 1.96 bits per heavy atom. The van der Waals surface area contributed by atoms with Crippen molar-refractivity contribution in [3.63, 3.8) is 0 Å². The lowest BCUT2D eigenvalue weighted by Gasteiger charge is -2.14. The van der Waals surface area contributed by atoms with E-state index in [2.05, 4.69) is 15.0 Å². The highest BCUT2D eigenvalue weighted by Crippen LogP contribution is 2.32. The van der Waals surface area contributed by atoms with Crippen molar-refractivity contribution in [2.75, 3.05) is 11.1 Å². The summed E-state index contributed by atoms with van der Waals surface area (Å²) in [6.45, 7) is 2.98. The number of carbonyl (C=O) groups is 1. The van der Waals surface area contributed by atoms with E-state index in [0.717, 1.165) is 6.07 Å². The number of aromatic nitrogens is 1. The summed E-state index contributed by atoms with van der Waals surface area (Å²) in [6.07, 6.45) is -4.81. The number of halogens is 3. The minimum absolute atomic E-state index is 0.0307. The number of pyridine rings is 1. The molecule has 2 rings (SSSR count). The molecular formula is C16H17F3N4O3. The molecule has 1 amide bonds. The molecule has 7 nitrogen and oxygen atoms in total. The molecule has 0 fully saturated rings. The van der Waals surface area contributed by atoms with E-state index in [1.165, 1.54) is 38.1 Å². The molecule has 5 N–H and O–H groups in total. The average Bonchev–Trinajstić information content (AvgIpc) is 2.51. The van der Waals surface area contributed by atoms with Gasteiger partial charge in [-0.1, -0.05) is 6.07 Å². The smallest absolute Gasteiger partial charge is 0.439 e. The van der Waals surface area contributed by atoms with E-state index < -0.39 is 18.3 Å². The topological polar surface area (TPSA) is 112 Å². The molecule has 0 bridgehead atoms. The molecule has 1 atom stereocenters. The van der Waals surface area contributed by atoms with E-state index in [4.69, 9.17) is 16.2 Å². The quantitative estimate of drug-likeness (QED) is 0.746. The van der Waals surface area contributed by atoms with Crippen molar-refractivity contribution in [3.05, 3.63) is 35.9 Å². The maximum Gasteiger partial charge on any atom is 0.573 e. The SMILES string of the molecule is Cc1ccc(Oc2ccc(NC(=O)[C@@H](C)N)c(N)n2)cc1OC(F)(F)F. The molecule has 140 valence electrons. The largest absolute Gasteiger partial charge is 0.573 e. The maximum atomic E-state index is 12.4. The van der Waals surface area contributed by atoms with Crippen LogP contribution in [0.1, 0.15) is 12.5 Å². The van der Waals surface area contributed by atoms with Gasteiger partial charge < -0.3 is 26.3 Å². The van der Waals surface area contributed by atoms with Crippen molar-refractivity contribution in [1.29, 1.82) is 0 Å². The van der Waals surface area contributed by atoms with E-state index in [9.17, 15) is 18.0 Å². The average molecular weight is 370 g/mol. The molecule has 2 aromatic rings. The summed E-state index contributed by atoms with van der Waals surface area (Å²) in [4.78, 5) is 15.5. The second-order valence-electron chi connectivity index (χ2n) is 5.44. The highest BCUT2D eigenvalue weighted by molar-refractivity contribution is 5.96. The van der Waals surface area contributed by atoms with Gasteiger partial charge in [0.15, 0.2) is 5.82 Å². The number of rotatable bonds is 5. The Labute approximate surface area is 147 Å². The second kappa shape index (κ2) is 7.48.